The van der Waals surface area contributed by atoms with Crippen molar-refractivity contribution >= 4 is 11.8 Å². The molecule has 1 unspecified atom stereocenters. The van der Waals surface area contributed by atoms with Crippen LogP contribution in [0.4, 0.5) is 11.8 Å². The van der Waals surface area contributed by atoms with E-state index in [1.54, 1.807) is 6.20 Å². The van der Waals surface area contributed by atoms with E-state index in [-0.39, 0.29) is 6.10 Å². The number of hydrogen-bond donors (Lipinski definition) is 1. The van der Waals surface area contributed by atoms with Crippen molar-refractivity contribution in [1.29, 1.82) is 0 Å². The average Bonchev–Trinajstić information content (AvgIpc) is 3.08. The van der Waals surface area contributed by atoms with Gasteiger partial charge in [-0.15, -0.1) is 0 Å². The average molecular weight is 298 g/mol. The van der Waals surface area contributed by atoms with Gasteiger partial charge in [0.05, 0.1) is 6.10 Å². The van der Waals surface area contributed by atoms with Crippen molar-refractivity contribution in [1.82, 2.24) is 9.97 Å². The highest BCUT2D eigenvalue weighted by Gasteiger charge is 2.15. The molecule has 3 rings (SSSR count). The van der Waals surface area contributed by atoms with Crippen molar-refractivity contribution in [2.75, 3.05) is 30.4 Å². The third kappa shape index (κ3) is 3.95. The molecular weight excluding hydrogens is 276 g/mol. The molecule has 0 amide bonds. The van der Waals surface area contributed by atoms with E-state index in [9.17, 15) is 0 Å². The SMILES string of the molecule is CN(Cc1ccccc1)c1ccnc(NCC2CCCO2)n1. The van der Waals surface area contributed by atoms with Crippen LogP contribution in [0, 0.1) is 0 Å². The molecule has 2 aromatic rings. The van der Waals surface area contributed by atoms with Crippen molar-refractivity contribution in [3.8, 4) is 0 Å². The van der Waals surface area contributed by atoms with Crippen LogP contribution in [-0.4, -0.2) is 36.3 Å². The maximum Gasteiger partial charge on any atom is 0.224 e. The van der Waals surface area contributed by atoms with Gasteiger partial charge in [0.2, 0.25) is 5.95 Å². The van der Waals surface area contributed by atoms with Crippen LogP contribution >= 0.6 is 0 Å². The molecule has 0 saturated carbocycles. The quantitative estimate of drug-likeness (QED) is 0.888. The van der Waals surface area contributed by atoms with Crippen molar-refractivity contribution in [3.05, 3.63) is 48.2 Å². The topological polar surface area (TPSA) is 50.3 Å². The van der Waals surface area contributed by atoms with E-state index in [1.807, 2.05) is 19.2 Å². The van der Waals surface area contributed by atoms with Crippen LogP contribution in [0.5, 0.6) is 0 Å². The first-order valence-electron chi connectivity index (χ1n) is 7.75. The van der Waals surface area contributed by atoms with Crippen LogP contribution in [0.1, 0.15) is 18.4 Å². The Balaban J connectivity index is 1.60. The van der Waals surface area contributed by atoms with Gasteiger partial charge >= 0.3 is 0 Å². The normalized spacial score (nSPS) is 17.4. The van der Waals surface area contributed by atoms with Crippen LogP contribution in [0.15, 0.2) is 42.6 Å². The predicted octanol–water partition coefficient (Wildman–Crippen LogP) is 2.70. The molecule has 5 heteroatoms. The molecule has 1 aromatic carbocycles. The van der Waals surface area contributed by atoms with Gasteiger partial charge in [-0.3, -0.25) is 0 Å². The Morgan fingerprint density at radius 1 is 1.27 bits per heavy atom. The third-order valence-corrected chi connectivity index (χ3v) is 3.81. The molecule has 1 aliphatic rings. The van der Waals surface area contributed by atoms with Crippen LogP contribution in [0.3, 0.4) is 0 Å². The molecule has 1 saturated heterocycles. The lowest BCUT2D eigenvalue weighted by molar-refractivity contribution is 0.120. The zero-order chi connectivity index (χ0) is 15.2. The highest BCUT2D eigenvalue weighted by Crippen LogP contribution is 2.15. The Hall–Kier alpha value is -2.14. The van der Waals surface area contributed by atoms with Gasteiger partial charge in [0, 0.05) is 32.9 Å². The summed E-state index contributed by atoms with van der Waals surface area (Å²) < 4.78 is 5.60. The van der Waals surface area contributed by atoms with E-state index in [0.717, 1.165) is 38.4 Å². The summed E-state index contributed by atoms with van der Waals surface area (Å²) in [6.45, 7) is 2.46. The lowest BCUT2D eigenvalue weighted by Gasteiger charge is -2.19. The summed E-state index contributed by atoms with van der Waals surface area (Å²) in [5, 5.41) is 3.27. The second-order valence-electron chi connectivity index (χ2n) is 5.60. The van der Waals surface area contributed by atoms with Gasteiger partial charge < -0.3 is 15.0 Å². The summed E-state index contributed by atoms with van der Waals surface area (Å²) in [4.78, 5) is 11.0. The second kappa shape index (κ2) is 7.22. The summed E-state index contributed by atoms with van der Waals surface area (Å²) >= 11 is 0. The Bertz CT molecular complexity index is 584. The number of hydrogen-bond acceptors (Lipinski definition) is 5. The molecule has 0 aliphatic carbocycles. The van der Waals surface area contributed by atoms with E-state index in [4.69, 9.17) is 4.74 Å². The summed E-state index contributed by atoms with van der Waals surface area (Å²) in [5.41, 5.74) is 1.26. The van der Waals surface area contributed by atoms with Gasteiger partial charge in [0.15, 0.2) is 0 Å². The van der Waals surface area contributed by atoms with Gasteiger partial charge in [-0.1, -0.05) is 30.3 Å². The number of ether oxygens (including phenoxy) is 1. The summed E-state index contributed by atoms with van der Waals surface area (Å²) in [6.07, 6.45) is 4.34. The number of anilines is 2. The lowest BCUT2D eigenvalue weighted by atomic mass is 10.2. The Labute approximate surface area is 131 Å². The summed E-state index contributed by atoms with van der Waals surface area (Å²) in [5.74, 6) is 1.57. The number of nitrogens with one attached hydrogen (secondary N) is 1. The third-order valence-electron chi connectivity index (χ3n) is 3.81. The maximum absolute atomic E-state index is 5.60. The number of nitrogens with zero attached hydrogens (tertiary/aromatic N) is 3. The molecule has 22 heavy (non-hydrogen) atoms. The number of benzene rings is 1. The summed E-state index contributed by atoms with van der Waals surface area (Å²) in [6, 6.07) is 12.3. The molecule has 1 atom stereocenters. The van der Waals surface area contributed by atoms with Crippen molar-refractivity contribution in [2.24, 2.45) is 0 Å². The zero-order valence-corrected chi connectivity index (χ0v) is 12.9. The largest absolute Gasteiger partial charge is 0.376 e. The molecule has 1 N–H and O–H groups in total. The second-order valence-corrected chi connectivity index (χ2v) is 5.60. The fraction of sp³-hybridized carbons (Fsp3) is 0.412. The minimum Gasteiger partial charge on any atom is -0.376 e. The van der Waals surface area contributed by atoms with Gasteiger partial charge in [-0.25, -0.2) is 4.98 Å². The fourth-order valence-electron chi connectivity index (χ4n) is 2.60. The Kier molecular flexibility index (Phi) is 4.85. The van der Waals surface area contributed by atoms with Gasteiger partial charge in [-0.2, -0.15) is 4.98 Å². The van der Waals surface area contributed by atoms with Gasteiger partial charge in [0.25, 0.3) is 0 Å². The van der Waals surface area contributed by atoms with Crippen molar-refractivity contribution in [3.63, 3.8) is 0 Å². The summed E-state index contributed by atoms with van der Waals surface area (Å²) in [7, 11) is 2.04. The smallest absolute Gasteiger partial charge is 0.224 e. The van der Waals surface area contributed by atoms with E-state index < -0.39 is 0 Å². The number of aromatic nitrogens is 2. The van der Waals surface area contributed by atoms with Gasteiger partial charge in [-0.05, 0) is 24.5 Å². The minimum absolute atomic E-state index is 0.286. The zero-order valence-electron chi connectivity index (χ0n) is 12.9. The van der Waals surface area contributed by atoms with Crippen LogP contribution in [-0.2, 0) is 11.3 Å². The molecule has 5 nitrogen and oxygen atoms in total. The predicted molar refractivity (Wildman–Crippen MR) is 88.0 cm³/mol. The van der Waals surface area contributed by atoms with Crippen LogP contribution in [0.2, 0.25) is 0 Å². The fourth-order valence-corrected chi connectivity index (χ4v) is 2.60. The lowest BCUT2D eigenvalue weighted by Crippen LogP contribution is -2.21. The van der Waals surface area contributed by atoms with E-state index in [1.165, 1.54) is 5.56 Å². The van der Waals surface area contributed by atoms with Crippen molar-refractivity contribution in [2.45, 2.75) is 25.5 Å². The van der Waals surface area contributed by atoms with E-state index in [2.05, 4.69) is 44.5 Å². The molecule has 1 aliphatic heterocycles. The molecule has 0 spiro atoms. The maximum atomic E-state index is 5.60. The van der Waals surface area contributed by atoms with Crippen molar-refractivity contribution < 1.29 is 4.74 Å². The molecular formula is C17H22N4O. The monoisotopic (exact) mass is 298 g/mol. The molecule has 2 heterocycles. The van der Waals surface area contributed by atoms with Crippen LogP contribution < -0.4 is 10.2 Å². The number of rotatable bonds is 6. The molecule has 0 radical (unpaired) electrons. The highest BCUT2D eigenvalue weighted by molar-refractivity contribution is 5.42. The van der Waals surface area contributed by atoms with E-state index in [0.29, 0.717) is 5.95 Å². The van der Waals surface area contributed by atoms with E-state index >= 15 is 0 Å². The first-order valence-corrected chi connectivity index (χ1v) is 7.75. The van der Waals surface area contributed by atoms with Gasteiger partial charge in [0.1, 0.15) is 5.82 Å². The Morgan fingerprint density at radius 3 is 2.91 bits per heavy atom. The first-order chi connectivity index (χ1) is 10.8. The molecule has 1 aromatic heterocycles. The molecule has 1 fully saturated rings. The first kappa shape index (κ1) is 14.8. The standard InChI is InChI=1S/C17H22N4O/c1-21(13-14-6-3-2-4-7-14)16-9-10-18-17(20-16)19-12-15-8-5-11-22-15/h2-4,6-7,9-10,15H,5,8,11-13H2,1H3,(H,18,19,20). The Morgan fingerprint density at radius 2 is 2.14 bits per heavy atom. The molecule has 116 valence electrons. The van der Waals surface area contributed by atoms with Crippen LogP contribution in [0.25, 0.3) is 0 Å². The molecule has 0 bridgehead atoms. The minimum atomic E-state index is 0.286. The highest BCUT2D eigenvalue weighted by atomic mass is 16.5.